The van der Waals surface area contributed by atoms with Crippen molar-refractivity contribution < 1.29 is 4.79 Å². The van der Waals surface area contributed by atoms with Crippen LogP contribution in [0.2, 0.25) is 0 Å². The van der Waals surface area contributed by atoms with E-state index in [0.717, 1.165) is 23.0 Å². The first-order chi connectivity index (χ1) is 15.8. The summed E-state index contributed by atoms with van der Waals surface area (Å²) in [5.41, 5.74) is 5.63. The molecule has 2 aromatic carbocycles. The van der Waals surface area contributed by atoms with Crippen LogP contribution in [-0.4, -0.2) is 12.3 Å². The average molecular weight is 454 g/mol. The lowest BCUT2D eigenvalue weighted by Crippen LogP contribution is -2.35. The van der Waals surface area contributed by atoms with Crippen molar-refractivity contribution in [2.45, 2.75) is 31.2 Å². The molecule has 32 heavy (non-hydrogen) atoms. The van der Waals surface area contributed by atoms with Gasteiger partial charge in [0.1, 0.15) is 0 Å². The largest absolute Gasteiger partial charge is 0.337 e. The monoisotopic (exact) mass is 453 g/mol. The summed E-state index contributed by atoms with van der Waals surface area (Å²) in [7, 11) is 0. The van der Waals surface area contributed by atoms with Gasteiger partial charge in [-0.2, -0.15) is 0 Å². The molecule has 4 heteroatoms. The molecule has 0 saturated heterocycles. The predicted octanol–water partition coefficient (Wildman–Crippen LogP) is 7.99. The van der Waals surface area contributed by atoms with Gasteiger partial charge in [0.05, 0.1) is 4.88 Å². The molecule has 2 aliphatic carbocycles. The van der Waals surface area contributed by atoms with E-state index in [1.165, 1.54) is 50.8 Å². The Labute approximate surface area is 196 Å². The van der Waals surface area contributed by atoms with E-state index in [-0.39, 0.29) is 0 Å². The molecule has 158 valence electrons. The zero-order valence-electron chi connectivity index (χ0n) is 17.6. The zero-order valence-corrected chi connectivity index (χ0v) is 19.2. The molecular formula is C28H23NOS2. The maximum Gasteiger partial charge on any atom is 0.160 e. The summed E-state index contributed by atoms with van der Waals surface area (Å²) in [4.78, 5) is 18.2. The van der Waals surface area contributed by atoms with Crippen LogP contribution in [0, 0.1) is 11.8 Å². The number of hydrogen-bond acceptors (Lipinski definition) is 4. The van der Waals surface area contributed by atoms with Crippen molar-refractivity contribution in [3.8, 4) is 20.2 Å². The molecule has 2 fully saturated rings. The van der Waals surface area contributed by atoms with E-state index in [1.54, 1.807) is 16.9 Å². The van der Waals surface area contributed by atoms with Gasteiger partial charge in [0.2, 0.25) is 0 Å². The molecule has 2 bridgehead atoms. The summed E-state index contributed by atoms with van der Waals surface area (Å²) < 4.78 is 0. The van der Waals surface area contributed by atoms with Crippen molar-refractivity contribution in [1.29, 1.82) is 0 Å². The van der Waals surface area contributed by atoms with Gasteiger partial charge in [-0.15, -0.1) is 22.7 Å². The number of para-hydroxylation sites is 1. The van der Waals surface area contributed by atoms with Gasteiger partial charge < -0.3 is 4.90 Å². The Kier molecular flexibility index (Phi) is 4.21. The molecule has 1 aliphatic heterocycles. The summed E-state index contributed by atoms with van der Waals surface area (Å²) in [5, 5.41) is 0. The van der Waals surface area contributed by atoms with E-state index >= 15 is 0 Å². The number of carbonyl (C=O) groups is 1. The van der Waals surface area contributed by atoms with Gasteiger partial charge in [0, 0.05) is 38.0 Å². The van der Waals surface area contributed by atoms with Crippen molar-refractivity contribution in [1.82, 2.24) is 0 Å². The first-order valence-electron chi connectivity index (χ1n) is 11.4. The Hall–Kier alpha value is -2.69. The summed E-state index contributed by atoms with van der Waals surface area (Å²) in [6, 6.07) is 27.2. The SMILES string of the molecule is O=Cc1ccc(-c2ccc(-c3ccc4c(c3)C3C5CCC(C5)C3N4c3ccccc3)s2)s1. The third-order valence-electron chi connectivity index (χ3n) is 7.73. The molecule has 4 aromatic rings. The highest BCUT2D eigenvalue weighted by Crippen LogP contribution is 2.62. The normalized spacial score (nSPS) is 25.2. The molecule has 0 radical (unpaired) electrons. The van der Waals surface area contributed by atoms with E-state index in [1.807, 2.05) is 17.4 Å². The van der Waals surface area contributed by atoms with Gasteiger partial charge in [-0.25, -0.2) is 0 Å². The van der Waals surface area contributed by atoms with Crippen LogP contribution in [0.25, 0.3) is 20.2 Å². The standard InChI is InChI=1S/C28H23NOS2/c30-16-21-9-11-25(31-21)26-13-12-24(32-26)17-8-10-23-22(15-17)27-18-6-7-19(14-18)28(27)29(23)20-4-2-1-3-5-20/h1-5,8-13,15-16,18-19,27-28H,6-7,14H2. The topological polar surface area (TPSA) is 20.3 Å². The molecule has 3 aliphatic rings. The van der Waals surface area contributed by atoms with Gasteiger partial charge in [0.15, 0.2) is 6.29 Å². The third kappa shape index (κ3) is 2.72. The summed E-state index contributed by atoms with van der Waals surface area (Å²) in [6.45, 7) is 0. The first-order valence-corrected chi connectivity index (χ1v) is 13.1. The Bertz CT molecular complexity index is 1320. The smallest absolute Gasteiger partial charge is 0.160 e. The Morgan fingerprint density at radius 3 is 2.44 bits per heavy atom. The lowest BCUT2D eigenvalue weighted by molar-refractivity contribution is 0.112. The van der Waals surface area contributed by atoms with Crippen molar-refractivity contribution in [2.24, 2.45) is 11.8 Å². The number of aldehydes is 1. The van der Waals surface area contributed by atoms with E-state index in [4.69, 9.17) is 0 Å². The number of fused-ring (bicyclic) bond motifs is 7. The first kappa shape index (κ1) is 18.8. The van der Waals surface area contributed by atoms with Crippen LogP contribution in [0.5, 0.6) is 0 Å². The molecule has 2 saturated carbocycles. The lowest BCUT2D eigenvalue weighted by Gasteiger charge is -2.33. The average Bonchev–Trinajstić information content (AvgIpc) is 3.65. The van der Waals surface area contributed by atoms with Gasteiger partial charge in [0.25, 0.3) is 0 Å². The Morgan fingerprint density at radius 2 is 1.59 bits per heavy atom. The van der Waals surface area contributed by atoms with Crippen molar-refractivity contribution in [3.63, 3.8) is 0 Å². The minimum absolute atomic E-state index is 0.619. The molecule has 2 nitrogen and oxygen atoms in total. The molecule has 0 amide bonds. The number of anilines is 2. The molecule has 2 aromatic heterocycles. The molecule has 7 rings (SSSR count). The lowest BCUT2D eigenvalue weighted by atomic mass is 9.82. The Morgan fingerprint density at radius 1 is 0.812 bits per heavy atom. The van der Waals surface area contributed by atoms with Gasteiger partial charge >= 0.3 is 0 Å². The molecule has 4 unspecified atom stereocenters. The number of thiophene rings is 2. The minimum Gasteiger partial charge on any atom is -0.337 e. The fourth-order valence-electron chi connectivity index (χ4n) is 6.50. The second kappa shape index (κ2) is 7.16. The van der Waals surface area contributed by atoms with E-state index in [2.05, 4.69) is 71.6 Å². The quantitative estimate of drug-likeness (QED) is 0.292. The van der Waals surface area contributed by atoms with E-state index in [0.29, 0.717) is 12.0 Å². The van der Waals surface area contributed by atoms with Gasteiger partial charge in [-0.05, 0) is 90.8 Å². The van der Waals surface area contributed by atoms with Crippen molar-refractivity contribution >= 4 is 40.3 Å². The fraction of sp³-hybridized carbons (Fsp3) is 0.250. The highest BCUT2D eigenvalue weighted by molar-refractivity contribution is 7.24. The summed E-state index contributed by atoms with van der Waals surface area (Å²) in [6.07, 6.45) is 5.10. The highest BCUT2D eigenvalue weighted by atomic mass is 32.1. The van der Waals surface area contributed by atoms with Crippen LogP contribution in [0.3, 0.4) is 0 Å². The maximum absolute atomic E-state index is 11.1. The number of nitrogens with zero attached hydrogens (tertiary/aromatic N) is 1. The molecule has 0 spiro atoms. The number of hydrogen-bond donors (Lipinski definition) is 0. The van der Waals surface area contributed by atoms with Crippen LogP contribution in [-0.2, 0) is 0 Å². The van der Waals surface area contributed by atoms with Crippen molar-refractivity contribution in [2.75, 3.05) is 4.90 Å². The highest BCUT2D eigenvalue weighted by Gasteiger charge is 2.55. The third-order valence-corrected chi connectivity index (χ3v) is 10.1. The Balaban J connectivity index is 1.30. The predicted molar refractivity (Wildman–Crippen MR) is 134 cm³/mol. The molecule has 3 heterocycles. The number of benzene rings is 2. The summed E-state index contributed by atoms with van der Waals surface area (Å²) in [5.74, 6) is 2.32. The van der Waals surface area contributed by atoms with Crippen LogP contribution in [0.1, 0.15) is 40.4 Å². The van der Waals surface area contributed by atoms with Crippen LogP contribution < -0.4 is 4.90 Å². The van der Waals surface area contributed by atoms with Crippen molar-refractivity contribution in [3.05, 3.63) is 83.2 Å². The zero-order chi connectivity index (χ0) is 21.2. The van der Waals surface area contributed by atoms with Crippen LogP contribution in [0.4, 0.5) is 11.4 Å². The van der Waals surface area contributed by atoms with Crippen LogP contribution in [0.15, 0.2) is 72.8 Å². The molecular weight excluding hydrogens is 430 g/mol. The second-order valence-corrected chi connectivity index (χ2v) is 11.5. The number of carbonyl (C=O) groups excluding carboxylic acids is 1. The summed E-state index contributed by atoms with van der Waals surface area (Å²) >= 11 is 3.40. The van der Waals surface area contributed by atoms with Crippen LogP contribution >= 0.6 is 22.7 Å². The molecule has 0 N–H and O–H groups in total. The van der Waals surface area contributed by atoms with Gasteiger partial charge in [-0.1, -0.05) is 24.3 Å². The molecule has 4 atom stereocenters. The second-order valence-electron chi connectivity index (χ2n) is 9.31. The van der Waals surface area contributed by atoms with Gasteiger partial charge in [-0.3, -0.25) is 4.79 Å². The van der Waals surface area contributed by atoms with E-state index in [9.17, 15) is 4.79 Å². The number of rotatable bonds is 4. The maximum atomic E-state index is 11.1. The minimum atomic E-state index is 0.619. The van der Waals surface area contributed by atoms with E-state index < -0.39 is 0 Å². The fourth-order valence-corrected chi connectivity index (χ4v) is 8.41.